The molecular weight excluding hydrogens is 232 g/mol. The largest absolute Gasteiger partial charge is 0.363 e. The summed E-state index contributed by atoms with van der Waals surface area (Å²) in [6.45, 7) is 1.89. The van der Waals surface area contributed by atoms with Crippen molar-refractivity contribution in [2.75, 3.05) is 5.17 Å². The fourth-order valence-electron chi connectivity index (χ4n) is 1.05. The highest BCUT2D eigenvalue weighted by atomic mass is 79.9. The number of nitrogens with one attached hydrogen (secondary N) is 1. The van der Waals surface area contributed by atoms with Gasteiger partial charge in [0.05, 0.1) is 11.9 Å². The molecule has 1 aliphatic heterocycles. The van der Waals surface area contributed by atoms with E-state index in [2.05, 4.69) is 21.4 Å². The summed E-state index contributed by atoms with van der Waals surface area (Å²) in [5.74, 6) is 0.850. The van der Waals surface area contributed by atoms with Crippen molar-refractivity contribution in [2.45, 2.75) is 6.92 Å². The molecule has 0 spiro atoms. The summed E-state index contributed by atoms with van der Waals surface area (Å²) in [6, 6.07) is 7.86. The Kier molecular flexibility index (Phi) is 2.14. The number of hydrogen-bond acceptors (Lipinski definition) is 3. The fourth-order valence-corrected chi connectivity index (χ4v) is 1.31. The van der Waals surface area contributed by atoms with Gasteiger partial charge in [-0.2, -0.15) is 0 Å². The second kappa shape index (κ2) is 3.30. The van der Waals surface area contributed by atoms with Gasteiger partial charge in [-0.3, -0.25) is 5.43 Å². The molecular formula is C9H9BrN2O. The molecule has 0 aromatic heterocycles. The monoisotopic (exact) mass is 240 g/mol. The van der Waals surface area contributed by atoms with Crippen molar-refractivity contribution < 1.29 is 4.84 Å². The molecule has 1 aromatic rings. The lowest BCUT2D eigenvalue weighted by molar-refractivity contribution is 0.193. The second-order valence-corrected chi connectivity index (χ2v) is 3.66. The zero-order valence-corrected chi connectivity index (χ0v) is 8.71. The highest BCUT2D eigenvalue weighted by Crippen LogP contribution is 2.20. The number of hydrazine groups is 1. The average Bonchev–Trinajstić information content (AvgIpc) is 2.53. The third kappa shape index (κ3) is 1.78. The van der Waals surface area contributed by atoms with Crippen molar-refractivity contribution in [1.82, 2.24) is 5.43 Å². The molecule has 0 fully saturated rings. The van der Waals surface area contributed by atoms with Crippen molar-refractivity contribution in [3.63, 3.8) is 0 Å². The van der Waals surface area contributed by atoms with Crippen molar-refractivity contribution in [3.05, 3.63) is 40.7 Å². The lowest BCUT2D eigenvalue weighted by Gasteiger charge is -2.16. The van der Waals surface area contributed by atoms with E-state index in [1.807, 2.05) is 37.4 Å². The van der Waals surface area contributed by atoms with Crippen LogP contribution in [0.1, 0.15) is 6.92 Å². The minimum Gasteiger partial charge on any atom is -0.363 e. The normalized spacial score (nSPS) is 14.9. The van der Waals surface area contributed by atoms with Gasteiger partial charge in [0.2, 0.25) is 0 Å². The second-order valence-electron chi connectivity index (χ2n) is 2.75. The van der Waals surface area contributed by atoms with Crippen LogP contribution in [0.3, 0.4) is 0 Å². The van der Waals surface area contributed by atoms with Gasteiger partial charge in [0, 0.05) is 4.47 Å². The lowest BCUT2D eigenvalue weighted by Crippen LogP contribution is -2.27. The Labute approximate surface area is 85.0 Å². The third-order valence-corrected chi connectivity index (χ3v) is 2.21. The van der Waals surface area contributed by atoms with Crippen LogP contribution in [-0.2, 0) is 4.84 Å². The van der Waals surface area contributed by atoms with Gasteiger partial charge in [0.15, 0.2) is 0 Å². The van der Waals surface area contributed by atoms with Gasteiger partial charge in [0.1, 0.15) is 5.76 Å². The van der Waals surface area contributed by atoms with E-state index in [1.165, 1.54) is 0 Å². The fraction of sp³-hybridized carbons (Fsp3) is 0.111. The molecule has 2 rings (SSSR count). The minimum atomic E-state index is 0.850. The third-order valence-electron chi connectivity index (χ3n) is 1.68. The van der Waals surface area contributed by atoms with Gasteiger partial charge in [-0.1, -0.05) is 15.9 Å². The number of rotatable bonds is 1. The molecule has 3 nitrogen and oxygen atoms in total. The van der Waals surface area contributed by atoms with Crippen LogP contribution in [0.4, 0.5) is 5.69 Å². The summed E-state index contributed by atoms with van der Waals surface area (Å²) in [6.07, 6.45) is 1.81. The van der Waals surface area contributed by atoms with Gasteiger partial charge in [0.25, 0.3) is 0 Å². The number of anilines is 1. The van der Waals surface area contributed by atoms with Crippen LogP contribution in [0.2, 0.25) is 0 Å². The molecule has 68 valence electrons. The zero-order chi connectivity index (χ0) is 9.26. The Morgan fingerprint density at radius 2 is 2.00 bits per heavy atom. The first-order valence-electron chi connectivity index (χ1n) is 3.92. The van der Waals surface area contributed by atoms with E-state index >= 15 is 0 Å². The molecule has 0 unspecified atom stereocenters. The van der Waals surface area contributed by atoms with Crippen LogP contribution in [0, 0.1) is 0 Å². The summed E-state index contributed by atoms with van der Waals surface area (Å²) in [5.41, 5.74) is 3.94. The SMILES string of the molecule is CC1=CNN(c2ccc(Br)cc2)O1. The molecule has 0 aliphatic carbocycles. The summed E-state index contributed by atoms with van der Waals surface area (Å²) in [5, 5.41) is 1.61. The lowest BCUT2D eigenvalue weighted by atomic mass is 10.3. The Morgan fingerprint density at radius 3 is 2.54 bits per heavy atom. The Morgan fingerprint density at radius 1 is 1.31 bits per heavy atom. The minimum absolute atomic E-state index is 0.850. The molecule has 4 heteroatoms. The molecule has 0 saturated carbocycles. The maximum atomic E-state index is 5.36. The molecule has 1 N–H and O–H groups in total. The molecule has 0 atom stereocenters. The van der Waals surface area contributed by atoms with Gasteiger partial charge in [-0.05, 0) is 31.2 Å². The van der Waals surface area contributed by atoms with E-state index in [0.717, 1.165) is 15.9 Å². The van der Waals surface area contributed by atoms with Crippen molar-refractivity contribution in [2.24, 2.45) is 0 Å². The molecule has 1 aliphatic rings. The topological polar surface area (TPSA) is 24.5 Å². The van der Waals surface area contributed by atoms with Crippen LogP contribution >= 0.6 is 15.9 Å². The van der Waals surface area contributed by atoms with Crippen LogP contribution in [0.25, 0.3) is 0 Å². The van der Waals surface area contributed by atoms with Gasteiger partial charge in [-0.15, -0.1) is 5.17 Å². The van der Waals surface area contributed by atoms with Gasteiger partial charge < -0.3 is 4.84 Å². The number of halogens is 1. The first kappa shape index (κ1) is 8.44. The molecule has 1 heterocycles. The predicted octanol–water partition coefficient (Wildman–Crippen LogP) is 2.57. The standard InChI is InChI=1S/C9H9BrN2O/c1-7-6-11-12(13-7)9-4-2-8(10)3-5-9/h2-6,11H,1H3. The summed E-state index contributed by atoms with van der Waals surface area (Å²) >= 11 is 3.37. The van der Waals surface area contributed by atoms with E-state index in [-0.39, 0.29) is 0 Å². The van der Waals surface area contributed by atoms with Gasteiger partial charge in [-0.25, -0.2) is 0 Å². The van der Waals surface area contributed by atoms with Crippen molar-refractivity contribution >= 4 is 21.6 Å². The molecule has 0 bridgehead atoms. The molecule has 1 aromatic carbocycles. The van der Waals surface area contributed by atoms with E-state index in [0.29, 0.717) is 0 Å². The Hall–Kier alpha value is -1.16. The van der Waals surface area contributed by atoms with E-state index in [1.54, 1.807) is 5.17 Å². The number of nitrogens with zero attached hydrogens (tertiary/aromatic N) is 1. The highest BCUT2D eigenvalue weighted by molar-refractivity contribution is 9.10. The summed E-state index contributed by atoms with van der Waals surface area (Å²) < 4.78 is 1.06. The Bertz CT molecular complexity index is 334. The van der Waals surface area contributed by atoms with Crippen molar-refractivity contribution in [3.8, 4) is 0 Å². The van der Waals surface area contributed by atoms with Crippen LogP contribution in [-0.4, -0.2) is 0 Å². The summed E-state index contributed by atoms with van der Waals surface area (Å²) in [4.78, 5) is 5.36. The average molecular weight is 241 g/mol. The first-order chi connectivity index (χ1) is 6.25. The maximum Gasteiger partial charge on any atom is 0.149 e. The molecule has 13 heavy (non-hydrogen) atoms. The van der Waals surface area contributed by atoms with Crippen LogP contribution < -0.4 is 10.6 Å². The van der Waals surface area contributed by atoms with E-state index in [4.69, 9.17) is 4.84 Å². The maximum absolute atomic E-state index is 5.36. The van der Waals surface area contributed by atoms with Gasteiger partial charge >= 0.3 is 0 Å². The van der Waals surface area contributed by atoms with Crippen LogP contribution in [0.15, 0.2) is 40.7 Å². The quantitative estimate of drug-likeness (QED) is 0.817. The van der Waals surface area contributed by atoms with E-state index in [9.17, 15) is 0 Å². The number of benzene rings is 1. The smallest absolute Gasteiger partial charge is 0.149 e. The Balaban J connectivity index is 2.14. The van der Waals surface area contributed by atoms with E-state index < -0.39 is 0 Å². The number of allylic oxidation sites excluding steroid dienone is 1. The predicted molar refractivity (Wildman–Crippen MR) is 54.6 cm³/mol. The highest BCUT2D eigenvalue weighted by Gasteiger charge is 2.11. The van der Waals surface area contributed by atoms with Crippen LogP contribution in [0.5, 0.6) is 0 Å². The molecule has 0 amide bonds. The van der Waals surface area contributed by atoms with Crippen molar-refractivity contribution in [1.29, 1.82) is 0 Å². The zero-order valence-electron chi connectivity index (χ0n) is 7.12. The number of hydrogen-bond donors (Lipinski definition) is 1. The summed E-state index contributed by atoms with van der Waals surface area (Å²) in [7, 11) is 0. The molecule has 0 radical (unpaired) electrons. The molecule has 0 saturated heterocycles. The first-order valence-corrected chi connectivity index (χ1v) is 4.71.